The van der Waals surface area contributed by atoms with Gasteiger partial charge in [-0.15, -0.1) is 0 Å². The molecule has 0 spiro atoms. The molecule has 6 heteroatoms. The minimum atomic E-state index is -0.216. The molecule has 2 aromatic heterocycles. The standard InChI is InChI=1S/C23H22N4O2/c1-15(2)29-19-11-9-18(10-12-19)25-23(28)20-14-24-27(16(20)3)22-13-8-17-6-4-5-7-21(17)26-22/h4-15H,1-3H3,(H,25,28). The van der Waals surface area contributed by atoms with Crippen LogP contribution < -0.4 is 10.1 Å². The summed E-state index contributed by atoms with van der Waals surface area (Å²) in [6.45, 7) is 5.80. The number of fused-ring (bicyclic) bond motifs is 1. The van der Waals surface area contributed by atoms with Crippen LogP contribution in [0.2, 0.25) is 0 Å². The van der Waals surface area contributed by atoms with Gasteiger partial charge in [0.25, 0.3) is 5.91 Å². The Balaban J connectivity index is 1.55. The van der Waals surface area contributed by atoms with Gasteiger partial charge >= 0.3 is 0 Å². The maximum Gasteiger partial charge on any atom is 0.259 e. The van der Waals surface area contributed by atoms with Gasteiger partial charge in [0.1, 0.15) is 5.75 Å². The van der Waals surface area contributed by atoms with Crippen LogP contribution in [0.4, 0.5) is 5.69 Å². The third kappa shape index (κ3) is 3.96. The van der Waals surface area contributed by atoms with E-state index in [-0.39, 0.29) is 12.0 Å². The Labute approximate surface area is 169 Å². The number of rotatable bonds is 5. The lowest BCUT2D eigenvalue weighted by molar-refractivity contribution is 0.102. The second kappa shape index (κ2) is 7.75. The molecule has 0 aliphatic rings. The number of hydrogen-bond acceptors (Lipinski definition) is 4. The molecular weight excluding hydrogens is 364 g/mol. The molecular formula is C23H22N4O2. The first-order chi connectivity index (χ1) is 14.0. The first-order valence-corrected chi connectivity index (χ1v) is 9.50. The number of nitrogens with zero attached hydrogens (tertiary/aromatic N) is 3. The molecule has 6 nitrogen and oxygen atoms in total. The molecule has 2 aromatic carbocycles. The third-order valence-corrected chi connectivity index (χ3v) is 4.54. The fourth-order valence-corrected chi connectivity index (χ4v) is 3.12. The van der Waals surface area contributed by atoms with Crippen molar-refractivity contribution >= 4 is 22.5 Å². The second-order valence-corrected chi connectivity index (χ2v) is 7.06. The molecule has 0 bridgehead atoms. The highest BCUT2D eigenvalue weighted by atomic mass is 16.5. The molecule has 0 saturated heterocycles. The van der Waals surface area contributed by atoms with Crippen LogP contribution >= 0.6 is 0 Å². The topological polar surface area (TPSA) is 69.0 Å². The van der Waals surface area contributed by atoms with Crippen LogP contribution in [-0.2, 0) is 0 Å². The first kappa shape index (κ1) is 18.7. The summed E-state index contributed by atoms with van der Waals surface area (Å²) in [5, 5.41) is 8.34. The number of ether oxygens (including phenoxy) is 1. The molecule has 1 amide bonds. The Morgan fingerprint density at radius 2 is 1.79 bits per heavy atom. The summed E-state index contributed by atoms with van der Waals surface area (Å²) in [6.07, 6.45) is 1.67. The van der Waals surface area contributed by atoms with Gasteiger partial charge < -0.3 is 10.1 Å². The number of carbonyl (C=O) groups is 1. The van der Waals surface area contributed by atoms with Crippen molar-refractivity contribution in [3.63, 3.8) is 0 Å². The molecule has 0 atom stereocenters. The van der Waals surface area contributed by atoms with E-state index in [9.17, 15) is 4.79 Å². The van der Waals surface area contributed by atoms with Gasteiger partial charge in [-0.1, -0.05) is 18.2 Å². The average molecular weight is 386 g/mol. The Morgan fingerprint density at radius 1 is 1.03 bits per heavy atom. The summed E-state index contributed by atoms with van der Waals surface area (Å²) in [6, 6.07) is 19.1. The summed E-state index contributed by atoms with van der Waals surface area (Å²) in [5.74, 6) is 1.23. The van der Waals surface area contributed by atoms with E-state index in [2.05, 4.69) is 15.4 Å². The minimum Gasteiger partial charge on any atom is -0.491 e. The number of pyridine rings is 1. The van der Waals surface area contributed by atoms with E-state index in [0.29, 0.717) is 17.1 Å². The van der Waals surface area contributed by atoms with Crippen molar-refractivity contribution in [2.75, 3.05) is 5.32 Å². The van der Waals surface area contributed by atoms with Crippen molar-refractivity contribution in [1.29, 1.82) is 0 Å². The van der Waals surface area contributed by atoms with Crippen molar-refractivity contribution < 1.29 is 9.53 Å². The summed E-state index contributed by atoms with van der Waals surface area (Å²) in [7, 11) is 0. The monoisotopic (exact) mass is 386 g/mol. The Morgan fingerprint density at radius 3 is 2.55 bits per heavy atom. The molecule has 4 rings (SSSR count). The summed E-state index contributed by atoms with van der Waals surface area (Å²) < 4.78 is 7.31. The van der Waals surface area contributed by atoms with Crippen LogP contribution in [0.1, 0.15) is 29.9 Å². The zero-order valence-corrected chi connectivity index (χ0v) is 16.6. The normalized spacial score (nSPS) is 11.0. The van der Waals surface area contributed by atoms with Crippen molar-refractivity contribution in [3.05, 3.63) is 78.1 Å². The Bertz CT molecular complexity index is 1160. The number of hydrogen-bond donors (Lipinski definition) is 1. The second-order valence-electron chi connectivity index (χ2n) is 7.06. The van der Waals surface area contributed by atoms with Gasteiger partial charge in [0.15, 0.2) is 5.82 Å². The predicted octanol–water partition coefficient (Wildman–Crippen LogP) is 4.77. The number of para-hydroxylation sites is 1. The molecule has 0 unspecified atom stereocenters. The Hall–Kier alpha value is -3.67. The summed E-state index contributed by atoms with van der Waals surface area (Å²) in [4.78, 5) is 17.4. The van der Waals surface area contributed by atoms with Crippen molar-refractivity contribution in [2.24, 2.45) is 0 Å². The zero-order chi connectivity index (χ0) is 20.4. The highest BCUT2D eigenvalue weighted by Gasteiger charge is 2.16. The molecule has 0 aliphatic carbocycles. The summed E-state index contributed by atoms with van der Waals surface area (Å²) >= 11 is 0. The van der Waals surface area contributed by atoms with Crippen LogP contribution in [0, 0.1) is 6.92 Å². The van der Waals surface area contributed by atoms with Gasteiger partial charge in [0.05, 0.1) is 29.1 Å². The Kier molecular flexibility index (Phi) is 4.99. The van der Waals surface area contributed by atoms with E-state index >= 15 is 0 Å². The van der Waals surface area contributed by atoms with Crippen LogP contribution in [0.15, 0.2) is 66.9 Å². The minimum absolute atomic E-state index is 0.104. The van der Waals surface area contributed by atoms with E-state index in [4.69, 9.17) is 4.74 Å². The van der Waals surface area contributed by atoms with Gasteiger partial charge in [-0.3, -0.25) is 4.79 Å². The highest BCUT2D eigenvalue weighted by molar-refractivity contribution is 6.05. The molecule has 1 N–H and O–H groups in total. The molecule has 4 aromatic rings. The smallest absolute Gasteiger partial charge is 0.259 e. The number of anilines is 1. The highest BCUT2D eigenvalue weighted by Crippen LogP contribution is 2.20. The maximum absolute atomic E-state index is 12.7. The lowest BCUT2D eigenvalue weighted by Gasteiger charge is -2.10. The van der Waals surface area contributed by atoms with Gasteiger partial charge in [-0.05, 0) is 63.2 Å². The van der Waals surface area contributed by atoms with E-state index in [1.54, 1.807) is 10.9 Å². The third-order valence-electron chi connectivity index (χ3n) is 4.54. The largest absolute Gasteiger partial charge is 0.491 e. The molecule has 0 radical (unpaired) electrons. The molecule has 0 fully saturated rings. The van der Waals surface area contributed by atoms with Crippen molar-refractivity contribution in [2.45, 2.75) is 26.9 Å². The number of aromatic nitrogens is 3. The number of nitrogens with one attached hydrogen (secondary N) is 1. The lowest BCUT2D eigenvalue weighted by Crippen LogP contribution is -2.13. The van der Waals surface area contributed by atoms with Gasteiger partial charge in [-0.25, -0.2) is 9.67 Å². The maximum atomic E-state index is 12.7. The molecule has 0 saturated carbocycles. The van der Waals surface area contributed by atoms with Crippen molar-refractivity contribution in [3.8, 4) is 11.6 Å². The quantitative estimate of drug-likeness (QED) is 0.536. The average Bonchev–Trinajstić information content (AvgIpc) is 3.10. The number of benzene rings is 2. The number of amides is 1. The van der Waals surface area contributed by atoms with Crippen molar-refractivity contribution in [1.82, 2.24) is 14.8 Å². The first-order valence-electron chi connectivity index (χ1n) is 9.50. The van der Waals surface area contributed by atoms with Gasteiger partial charge in [0.2, 0.25) is 0 Å². The van der Waals surface area contributed by atoms with Crippen LogP contribution in [0.5, 0.6) is 5.75 Å². The fourth-order valence-electron chi connectivity index (χ4n) is 3.12. The SMILES string of the molecule is Cc1c(C(=O)Nc2ccc(OC(C)C)cc2)cnn1-c1ccc2ccccc2n1. The molecule has 29 heavy (non-hydrogen) atoms. The number of carbonyl (C=O) groups excluding carboxylic acids is 1. The van der Waals surface area contributed by atoms with Crippen LogP contribution in [-0.4, -0.2) is 26.8 Å². The summed E-state index contributed by atoms with van der Waals surface area (Å²) in [5.41, 5.74) is 2.81. The van der Waals surface area contributed by atoms with E-state index in [1.807, 2.05) is 81.4 Å². The van der Waals surface area contributed by atoms with Gasteiger partial charge in [-0.2, -0.15) is 5.10 Å². The van der Waals surface area contributed by atoms with Gasteiger partial charge in [0, 0.05) is 11.1 Å². The van der Waals surface area contributed by atoms with E-state index in [0.717, 1.165) is 22.3 Å². The molecule has 0 aliphatic heterocycles. The predicted molar refractivity (Wildman–Crippen MR) is 114 cm³/mol. The van der Waals surface area contributed by atoms with E-state index in [1.165, 1.54) is 0 Å². The van der Waals surface area contributed by atoms with Crippen LogP contribution in [0.3, 0.4) is 0 Å². The lowest BCUT2D eigenvalue weighted by atomic mass is 10.2. The molecule has 146 valence electrons. The zero-order valence-electron chi connectivity index (χ0n) is 16.6. The molecule has 2 heterocycles. The fraction of sp³-hybridized carbons (Fsp3) is 0.174. The van der Waals surface area contributed by atoms with Crippen LogP contribution in [0.25, 0.3) is 16.7 Å². The van der Waals surface area contributed by atoms with E-state index < -0.39 is 0 Å².